The topological polar surface area (TPSA) is 6.48 Å². The summed E-state index contributed by atoms with van der Waals surface area (Å²) in [5.74, 6) is 0. The number of allylic oxidation sites excluding steroid dienone is 2. The van der Waals surface area contributed by atoms with Crippen LogP contribution in [0.2, 0.25) is 0 Å². The van der Waals surface area contributed by atoms with Crippen molar-refractivity contribution in [3.63, 3.8) is 0 Å². The highest BCUT2D eigenvalue weighted by atomic mass is 32.1. The van der Waals surface area contributed by atoms with Gasteiger partial charge < -0.3 is 35.1 Å². The minimum absolute atomic E-state index is 0.953. The second-order valence-corrected chi connectivity index (χ2v) is 5.94. The summed E-state index contributed by atoms with van der Waals surface area (Å²) in [4.78, 5) is 4.60. The molecule has 0 amide bonds. The van der Waals surface area contributed by atoms with Gasteiger partial charge in [0.2, 0.25) is 0 Å². The highest BCUT2D eigenvalue weighted by Gasteiger charge is 2.07. The average molecular weight is 282 g/mol. The molecule has 2 aliphatic heterocycles. The molecule has 2 rings (SSSR count). The highest BCUT2D eigenvalue weighted by Crippen LogP contribution is 2.16. The van der Waals surface area contributed by atoms with Crippen LogP contribution in [0.15, 0.2) is 22.2 Å². The second kappa shape index (κ2) is 7.19. The predicted molar refractivity (Wildman–Crippen MR) is 81.7 cm³/mol. The van der Waals surface area contributed by atoms with E-state index in [2.05, 4.69) is 9.80 Å². The van der Waals surface area contributed by atoms with Crippen LogP contribution < -0.4 is 0 Å². The summed E-state index contributed by atoms with van der Waals surface area (Å²) in [6.07, 6.45) is 11.8. The molecule has 2 aliphatic rings. The maximum Gasteiger partial charge on any atom is 0.0156 e. The van der Waals surface area contributed by atoms with E-state index in [0.29, 0.717) is 0 Å². The monoisotopic (exact) mass is 282 g/mol. The zero-order chi connectivity index (χ0) is 12.8. The van der Waals surface area contributed by atoms with Gasteiger partial charge in [0.15, 0.2) is 0 Å². The summed E-state index contributed by atoms with van der Waals surface area (Å²) in [5.41, 5.74) is 0. The van der Waals surface area contributed by atoms with E-state index in [-0.39, 0.29) is 0 Å². The molecule has 0 N–H and O–H groups in total. The molecule has 0 atom stereocenters. The summed E-state index contributed by atoms with van der Waals surface area (Å²) in [6.45, 7) is 4.44. The summed E-state index contributed by atoms with van der Waals surface area (Å²) < 4.78 is 0. The molecule has 0 radical (unpaired) electrons. The first kappa shape index (κ1) is 13.9. The summed E-state index contributed by atoms with van der Waals surface area (Å²) in [6, 6.07) is 0. The number of hydrogen-bond acceptors (Lipinski definition) is 4. The fraction of sp³-hybridized carbons (Fsp3) is 0.714. The van der Waals surface area contributed by atoms with Gasteiger partial charge in [-0.15, -0.1) is 10.1 Å². The molecule has 0 unspecified atom stereocenters. The fourth-order valence-electron chi connectivity index (χ4n) is 2.58. The Morgan fingerprint density at radius 1 is 0.611 bits per heavy atom. The van der Waals surface area contributed by atoms with Gasteiger partial charge in [-0.25, -0.2) is 0 Å². The third-order valence-corrected chi connectivity index (χ3v) is 4.49. The first-order valence-corrected chi connectivity index (χ1v) is 7.85. The molecular weight excluding hydrogens is 260 g/mol. The van der Waals surface area contributed by atoms with Crippen LogP contribution in [-0.2, 0) is 25.3 Å². The van der Waals surface area contributed by atoms with E-state index in [1.165, 1.54) is 38.5 Å². The zero-order valence-electron chi connectivity index (χ0n) is 10.9. The van der Waals surface area contributed by atoms with Crippen LogP contribution in [-0.4, -0.2) is 36.0 Å². The van der Waals surface area contributed by atoms with E-state index in [4.69, 9.17) is 25.3 Å². The van der Waals surface area contributed by atoms with E-state index < -0.39 is 0 Å². The minimum atomic E-state index is 0.953. The van der Waals surface area contributed by atoms with Crippen LogP contribution in [0.4, 0.5) is 0 Å². The quantitative estimate of drug-likeness (QED) is 0.580. The SMILES string of the molecule is [S-]/C(=C\C=C(/[S-])N1CCCCC1)N1CCCCC1. The number of rotatable bonds is 3. The van der Waals surface area contributed by atoms with Crippen molar-refractivity contribution in [2.45, 2.75) is 38.5 Å². The normalized spacial score (nSPS) is 23.3. The van der Waals surface area contributed by atoms with Crippen molar-refractivity contribution in [3.05, 3.63) is 22.2 Å². The van der Waals surface area contributed by atoms with Crippen molar-refractivity contribution < 1.29 is 0 Å². The summed E-state index contributed by atoms with van der Waals surface area (Å²) in [7, 11) is 0. The molecule has 18 heavy (non-hydrogen) atoms. The van der Waals surface area contributed by atoms with Gasteiger partial charge in [0.05, 0.1) is 0 Å². The molecule has 0 aromatic carbocycles. The number of piperidine rings is 2. The molecule has 0 saturated carbocycles. The molecule has 4 heteroatoms. The Balaban J connectivity index is 1.89. The van der Waals surface area contributed by atoms with Gasteiger partial charge in [0, 0.05) is 26.2 Å². The van der Waals surface area contributed by atoms with Gasteiger partial charge in [0.1, 0.15) is 0 Å². The van der Waals surface area contributed by atoms with Gasteiger partial charge in [-0.2, -0.15) is 0 Å². The number of likely N-dealkylation sites (tertiary alicyclic amines) is 2. The Morgan fingerprint density at radius 2 is 0.944 bits per heavy atom. The van der Waals surface area contributed by atoms with Crippen LogP contribution in [0, 0.1) is 0 Å². The molecule has 2 fully saturated rings. The highest BCUT2D eigenvalue weighted by molar-refractivity contribution is 7.63. The molecule has 0 bridgehead atoms. The molecule has 0 aromatic heterocycles. The first-order chi connectivity index (χ1) is 8.77. The Labute approximate surface area is 122 Å². The zero-order valence-corrected chi connectivity index (χ0v) is 12.6. The average Bonchev–Trinajstić information content (AvgIpc) is 2.46. The van der Waals surface area contributed by atoms with Crippen molar-refractivity contribution in [1.29, 1.82) is 0 Å². The molecule has 102 valence electrons. The van der Waals surface area contributed by atoms with Crippen molar-refractivity contribution in [2.24, 2.45) is 0 Å². The lowest BCUT2D eigenvalue weighted by Crippen LogP contribution is -2.29. The lowest BCUT2D eigenvalue weighted by Gasteiger charge is -2.37. The molecule has 2 heterocycles. The molecule has 0 aromatic rings. The van der Waals surface area contributed by atoms with Crippen LogP contribution in [0.25, 0.3) is 0 Å². The summed E-state index contributed by atoms with van der Waals surface area (Å²) in [5, 5.41) is 1.91. The molecular formula is C14H22N2S2-2. The van der Waals surface area contributed by atoms with E-state index in [0.717, 1.165) is 36.2 Å². The maximum absolute atomic E-state index is 5.45. The first-order valence-electron chi connectivity index (χ1n) is 7.03. The van der Waals surface area contributed by atoms with Gasteiger partial charge in [-0.1, -0.05) is 12.2 Å². The van der Waals surface area contributed by atoms with E-state index >= 15 is 0 Å². The van der Waals surface area contributed by atoms with Crippen molar-refractivity contribution in [2.75, 3.05) is 26.2 Å². The molecule has 2 saturated heterocycles. The fourth-order valence-corrected chi connectivity index (χ4v) is 3.08. The Kier molecular flexibility index (Phi) is 5.57. The number of hydrogen-bond donors (Lipinski definition) is 0. The van der Waals surface area contributed by atoms with Crippen LogP contribution in [0.3, 0.4) is 0 Å². The predicted octanol–water partition coefficient (Wildman–Crippen LogP) is 2.73. The Hall–Kier alpha value is -0.480. The van der Waals surface area contributed by atoms with Crippen molar-refractivity contribution in [1.82, 2.24) is 9.80 Å². The van der Waals surface area contributed by atoms with E-state index in [1.54, 1.807) is 0 Å². The van der Waals surface area contributed by atoms with Crippen molar-refractivity contribution >= 4 is 25.3 Å². The van der Waals surface area contributed by atoms with E-state index in [1.807, 2.05) is 12.2 Å². The van der Waals surface area contributed by atoms with Gasteiger partial charge in [-0.3, -0.25) is 0 Å². The molecule has 0 aliphatic carbocycles. The molecule has 2 nitrogen and oxygen atoms in total. The third-order valence-electron chi connectivity index (χ3n) is 3.70. The lowest BCUT2D eigenvalue weighted by atomic mass is 10.1. The summed E-state index contributed by atoms with van der Waals surface area (Å²) >= 11 is 10.9. The lowest BCUT2D eigenvalue weighted by molar-refractivity contribution is 0.300. The van der Waals surface area contributed by atoms with Crippen LogP contribution in [0.5, 0.6) is 0 Å². The van der Waals surface area contributed by atoms with Gasteiger partial charge >= 0.3 is 0 Å². The Bertz CT molecular complexity index is 282. The van der Waals surface area contributed by atoms with Crippen molar-refractivity contribution in [3.8, 4) is 0 Å². The van der Waals surface area contributed by atoms with Gasteiger partial charge in [-0.05, 0) is 38.5 Å². The van der Waals surface area contributed by atoms with E-state index in [9.17, 15) is 0 Å². The maximum atomic E-state index is 5.45. The second-order valence-electron chi connectivity index (χ2n) is 5.11. The van der Waals surface area contributed by atoms with Crippen LogP contribution >= 0.6 is 0 Å². The minimum Gasteiger partial charge on any atom is -0.763 e. The smallest absolute Gasteiger partial charge is 0.0156 e. The standard InChI is InChI=1S/C14H24N2S2/c17-13(15-9-3-1-4-10-15)7-8-14(18)16-11-5-2-6-12-16/h7-8,17-18H,1-6,9-12H2/p-2/b13-7-,14-8-. The Morgan fingerprint density at radius 3 is 1.28 bits per heavy atom. The largest absolute Gasteiger partial charge is 0.763 e. The number of nitrogens with zero attached hydrogens (tertiary/aromatic N) is 2. The molecule has 0 spiro atoms. The van der Waals surface area contributed by atoms with Crippen LogP contribution in [0.1, 0.15) is 38.5 Å². The van der Waals surface area contributed by atoms with Gasteiger partial charge in [0.25, 0.3) is 0 Å². The third kappa shape index (κ3) is 4.02.